The molecule has 5 heteroatoms. The van der Waals surface area contributed by atoms with Crippen LogP contribution in [0.1, 0.15) is 18.4 Å². The van der Waals surface area contributed by atoms with Crippen molar-refractivity contribution in [1.29, 1.82) is 0 Å². The van der Waals surface area contributed by atoms with E-state index in [9.17, 15) is 10.1 Å². The normalized spacial score (nSPS) is 10.6. The second-order valence-electron chi connectivity index (χ2n) is 5.15. The van der Waals surface area contributed by atoms with Gasteiger partial charge in [0.1, 0.15) is 5.69 Å². The van der Waals surface area contributed by atoms with Crippen molar-refractivity contribution in [2.45, 2.75) is 19.3 Å². The van der Waals surface area contributed by atoms with Gasteiger partial charge in [-0.15, -0.1) is 0 Å². The molecule has 116 valence electrons. The third-order valence-electron chi connectivity index (χ3n) is 3.58. The summed E-state index contributed by atoms with van der Waals surface area (Å²) in [5.74, 6) is 0. The fraction of sp³-hybridized carbons (Fsp3) is 0.294. The highest BCUT2D eigenvalue weighted by Gasteiger charge is 2.18. The lowest BCUT2D eigenvalue weighted by Crippen LogP contribution is -1.98. The number of nitrogen functional groups attached to an aromatic ring is 1. The van der Waals surface area contributed by atoms with Crippen molar-refractivity contribution in [3.63, 3.8) is 0 Å². The Morgan fingerprint density at radius 1 is 1.14 bits per heavy atom. The highest BCUT2D eigenvalue weighted by molar-refractivity contribution is 5.81. The number of ether oxygens (including phenoxy) is 1. The number of hydrogen-bond acceptors (Lipinski definition) is 4. The van der Waals surface area contributed by atoms with Crippen LogP contribution in [0.2, 0.25) is 0 Å². The smallest absolute Gasteiger partial charge is 0.299 e. The van der Waals surface area contributed by atoms with E-state index in [1.807, 2.05) is 24.3 Å². The third kappa shape index (κ3) is 3.83. The minimum absolute atomic E-state index is 0.0321. The molecule has 0 bridgehead atoms. The van der Waals surface area contributed by atoms with Crippen molar-refractivity contribution in [1.82, 2.24) is 0 Å². The van der Waals surface area contributed by atoms with E-state index in [1.165, 1.54) is 5.56 Å². The van der Waals surface area contributed by atoms with Gasteiger partial charge in [0.05, 0.1) is 10.5 Å². The van der Waals surface area contributed by atoms with Gasteiger partial charge in [-0.1, -0.05) is 30.3 Å². The number of nitro benzene ring substituents is 1. The summed E-state index contributed by atoms with van der Waals surface area (Å²) in [4.78, 5) is 10.8. The van der Waals surface area contributed by atoms with Crippen LogP contribution in [0.4, 0.5) is 11.4 Å². The van der Waals surface area contributed by atoms with Crippen LogP contribution in [0.15, 0.2) is 42.5 Å². The van der Waals surface area contributed by atoms with Crippen molar-refractivity contribution >= 4 is 11.4 Å². The SMILES string of the molecule is COCCCCc1ccc(-c2cccc(N)c2[N+](=O)[O-])cc1. The maximum atomic E-state index is 11.2. The standard InChI is InChI=1S/C17H20N2O3/c1-22-12-3-2-5-13-8-10-14(11-9-13)15-6-4-7-16(18)17(15)19(20)21/h4,6-11H,2-3,5,12,18H2,1H3. The number of nitrogens with two attached hydrogens (primary N) is 1. The number of unbranched alkanes of at least 4 members (excludes halogenated alkanes) is 1. The van der Waals surface area contributed by atoms with E-state index >= 15 is 0 Å². The number of nitrogens with zero attached hydrogens (tertiary/aromatic N) is 1. The molecule has 0 aliphatic heterocycles. The summed E-state index contributed by atoms with van der Waals surface area (Å²) in [6, 6.07) is 12.8. The zero-order chi connectivity index (χ0) is 15.9. The average Bonchev–Trinajstić information content (AvgIpc) is 2.51. The van der Waals surface area contributed by atoms with Crippen LogP contribution in [0.5, 0.6) is 0 Å². The first-order valence-corrected chi connectivity index (χ1v) is 7.24. The van der Waals surface area contributed by atoms with Crippen LogP contribution in [-0.4, -0.2) is 18.6 Å². The molecule has 0 atom stereocenters. The summed E-state index contributed by atoms with van der Waals surface area (Å²) < 4.78 is 5.03. The summed E-state index contributed by atoms with van der Waals surface area (Å²) in [6.07, 6.45) is 3.06. The quantitative estimate of drug-likeness (QED) is 0.365. The lowest BCUT2D eigenvalue weighted by molar-refractivity contribution is -0.383. The topological polar surface area (TPSA) is 78.4 Å². The lowest BCUT2D eigenvalue weighted by atomic mass is 10.00. The lowest BCUT2D eigenvalue weighted by Gasteiger charge is -2.07. The van der Waals surface area contributed by atoms with Crippen molar-refractivity contribution in [3.8, 4) is 11.1 Å². The first-order valence-electron chi connectivity index (χ1n) is 7.24. The minimum atomic E-state index is -0.427. The molecule has 0 heterocycles. The van der Waals surface area contributed by atoms with E-state index < -0.39 is 4.92 Å². The maximum Gasteiger partial charge on any atom is 0.299 e. The molecule has 2 N–H and O–H groups in total. The summed E-state index contributed by atoms with van der Waals surface area (Å²) in [5.41, 5.74) is 8.46. The fourth-order valence-corrected chi connectivity index (χ4v) is 2.42. The number of aryl methyl sites for hydroxylation is 1. The van der Waals surface area contributed by atoms with Crippen LogP contribution in [0.25, 0.3) is 11.1 Å². The molecule has 0 fully saturated rings. The molecular weight excluding hydrogens is 280 g/mol. The molecule has 0 aliphatic carbocycles. The summed E-state index contributed by atoms with van der Waals surface area (Å²) in [7, 11) is 1.70. The number of rotatable bonds is 7. The Morgan fingerprint density at radius 3 is 2.50 bits per heavy atom. The molecule has 0 saturated heterocycles. The Morgan fingerprint density at radius 2 is 1.86 bits per heavy atom. The van der Waals surface area contributed by atoms with E-state index in [0.29, 0.717) is 5.56 Å². The molecule has 0 spiro atoms. The van der Waals surface area contributed by atoms with Crippen LogP contribution in [-0.2, 0) is 11.2 Å². The largest absolute Gasteiger partial charge is 0.393 e. The maximum absolute atomic E-state index is 11.2. The number of hydrogen-bond donors (Lipinski definition) is 1. The molecule has 0 unspecified atom stereocenters. The van der Waals surface area contributed by atoms with Gasteiger partial charge in [0.25, 0.3) is 5.69 Å². The Kier molecular flexibility index (Phi) is 5.49. The van der Waals surface area contributed by atoms with Gasteiger partial charge in [0, 0.05) is 13.7 Å². The number of para-hydroxylation sites is 1. The summed E-state index contributed by atoms with van der Waals surface area (Å²) in [6.45, 7) is 0.771. The Balaban J connectivity index is 2.17. The molecule has 22 heavy (non-hydrogen) atoms. The Bertz CT molecular complexity index is 639. The number of anilines is 1. The highest BCUT2D eigenvalue weighted by Crippen LogP contribution is 2.34. The molecule has 2 rings (SSSR count). The molecule has 2 aromatic carbocycles. The van der Waals surface area contributed by atoms with Gasteiger partial charge in [-0.25, -0.2) is 0 Å². The van der Waals surface area contributed by atoms with E-state index in [0.717, 1.165) is 31.4 Å². The van der Waals surface area contributed by atoms with Crippen molar-refractivity contribution in [2.24, 2.45) is 0 Å². The minimum Gasteiger partial charge on any atom is -0.393 e. The monoisotopic (exact) mass is 300 g/mol. The third-order valence-corrected chi connectivity index (χ3v) is 3.58. The van der Waals surface area contributed by atoms with E-state index in [-0.39, 0.29) is 11.4 Å². The zero-order valence-corrected chi connectivity index (χ0v) is 12.6. The molecule has 2 aromatic rings. The Labute approximate surface area is 129 Å². The van der Waals surface area contributed by atoms with Gasteiger partial charge in [0.15, 0.2) is 0 Å². The van der Waals surface area contributed by atoms with Crippen LogP contribution in [0.3, 0.4) is 0 Å². The average molecular weight is 300 g/mol. The molecule has 0 amide bonds. The summed E-state index contributed by atoms with van der Waals surface area (Å²) in [5, 5.41) is 11.2. The number of methoxy groups -OCH3 is 1. The molecule has 0 aromatic heterocycles. The molecule has 5 nitrogen and oxygen atoms in total. The van der Waals surface area contributed by atoms with Gasteiger partial charge in [-0.05, 0) is 42.5 Å². The second-order valence-corrected chi connectivity index (χ2v) is 5.15. The van der Waals surface area contributed by atoms with Crippen LogP contribution < -0.4 is 5.73 Å². The van der Waals surface area contributed by atoms with Crippen molar-refractivity contribution in [3.05, 3.63) is 58.1 Å². The number of nitro groups is 1. The molecular formula is C17H20N2O3. The van der Waals surface area contributed by atoms with Gasteiger partial charge in [0.2, 0.25) is 0 Å². The van der Waals surface area contributed by atoms with Gasteiger partial charge < -0.3 is 10.5 Å². The van der Waals surface area contributed by atoms with Crippen molar-refractivity contribution < 1.29 is 9.66 Å². The molecule has 0 saturated carbocycles. The zero-order valence-electron chi connectivity index (χ0n) is 12.6. The highest BCUT2D eigenvalue weighted by atomic mass is 16.6. The predicted molar refractivity (Wildman–Crippen MR) is 87.8 cm³/mol. The van der Waals surface area contributed by atoms with Crippen LogP contribution in [0, 0.1) is 10.1 Å². The van der Waals surface area contributed by atoms with E-state index in [2.05, 4.69) is 0 Å². The second kappa shape index (κ2) is 7.56. The van der Waals surface area contributed by atoms with Gasteiger partial charge in [-0.3, -0.25) is 10.1 Å². The molecule has 0 aliphatic rings. The first-order chi connectivity index (χ1) is 10.6. The van der Waals surface area contributed by atoms with Crippen molar-refractivity contribution in [2.75, 3.05) is 19.5 Å². The van der Waals surface area contributed by atoms with Gasteiger partial charge in [-0.2, -0.15) is 0 Å². The summed E-state index contributed by atoms with van der Waals surface area (Å²) >= 11 is 0. The predicted octanol–water partition coefficient (Wildman–Crippen LogP) is 3.81. The fourth-order valence-electron chi connectivity index (χ4n) is 2.42. The molecule has 0 radical (unpaired) electrons. The van der Waals surface area contributed by atoms with E-state index in [4.69, 9.17) is 10.5 Å². The number of benzene rings is 2. The van der Waals surface area contributed by atoms with Crippen LogP contribution >= 0.6 is 0 Å². The first kappa shape index (κ1) is 16.0. The van der Waals surface area contributed by atoms with E-state index in [1.54, 1.807) is 25.3 Å². The van der Waals surface area contributed by atoms with Gasteiger partial charge >= 0.3 is 0 Å². The Hall–Kier alpha value is -2.40.